The molecule has 0 radical (unpaired) electrons. The topological polar surface area (TPSA) is 32.3 Å². The van der Waals surface area contributed by atoms with Crippen molar-refractivity contribution in [3.63, 3.8) is 0 Å². The van der Waals surface area contributed by atoms with E-state index < -0.39 is 0 Å². The molecule has 0 spiro atoms. The zero-order chi connectivity index (χ0) is 13.8. The lowest BCUT2D eigenvalue weighted by atomic mass is 9.95. The summed E-state index contributed by atoms with van der Waals surface area (Å²) in [6.07, 6.45) is 3.00. The van der Waals surface area contributed by atoms with Gasteiger partial charge in [-0.05, 0) is 62.9 Å². The molecular formula is C16H24N2O. The van der Waals surface area contributed by atoms with Crippen molar-refractivity contribution in [2.24, 2.45) is 5.92 Å². The van der Waals surface area contributed by atoms with Gasteiger partial charge in [0.05, 0.1) is 0 Å². The van der Waals surface area contributed by atoms with Crippen molar-refractivity contribution >= 4 is 11.6 Å². The Labute approximate surface area is 116 Å². The predicted molar refractivity (Wildman–Crippen MR) is 79.5 cm³/mol. The van der Waals surface area contributed by atoms with Crippen LogP contribution >= 0.6 is 0 Å². The molecule has 2 rings (SSSR count). The van der Waals surface area contributed by atoms with E-state index in [2.05, 4.69) is 37.4 Å². The molecule has 1 aromatic rings. The quantitative estimate of drug-likeness (QED) is 0.906. The molecule has 104 valence electrons. The van der Waals surface area contributed by atoms with Crippen molar-refractivity contribution in [2.45, 2.75) is 33.1 Å². The molecule has 1 aliphatic heterocycles. The Balaban J connectivity index is 2.03. The fraction of sp³-hybridized carbons (Fsp3) is 0.562. The summed E-state index contributed by atoms with van der Waals surface area (Å²) in [5.74, 6) is 0.719. The van der Waals surface area contributed by atoms with Crippen molar-refractivity contribution in [3.8, 4) is 0 Å². The van der Waals surface area contributed by atoms with Gasteiger partial charge < -0.3 is 10.2 Å². The van der Waals surface area contributed by atoms with E-state index in [0.29, 0.717) is 12.3 Å². The van der Waals surface area contributed by atoms with Crippen LogP contribution in [0.4, 0.5) is 5.69 Å². The maximum atomic E-state index is 12.4. The molecule has 0 aliphatic carbocycles. The van der Waals surface area contributed by atoms with Gasteiger partial charge in [-0.1, -0.05) is 12.1 Å². The van der Waals surface area contributed by atoms with Gasteiger partial charge in [0.1, 0.15) is 0 Å². The molecule has 19 heavy (non-hydrogen) atoms. The Morgan fingerprint density at radius 3 is 2.89 bits per heavy atom. The van der Waals surface area contributed by atoms with Crippen LogP contribution in [0, 0.1) is 19.8 Å². The largest absolute Gasteiger partial charge is 0.316 e. The molecule has 0 saturated carbocycles. The molecule has 1 saturated heterocycles. The summed E-state index contributed by atoms with van der Waals surface area (Å²) in [6, 6.07) is 6.26. The second kappa shape index (κ2) is 6.20. The third-order valence-electron chi connectivity index (χ3n) is 3.96. The highest BCUT2D eigenvalue weighted by Crippen LogP contribution is 2.23. The first-order chi connectivity index (χ1) is 9.08. The molecule has 0 bridgehead atoms. The second-order valence-electron chi connectivity index (χ2n) is 5.66. The number of carbonyl (C=O) groups is 1. The van der Waals surface area contributed by atoms with Crippen molar-refractivity contribution in [3.05, 3.63) is 29.3 Å². The molecule has 1 unspecified atom stereocenters. The van der Waals surface area contributed by atoms with Crippen LogP contribution in [0.25, 0.3) is 0 Å². The van der Waals surface area contributed by atoms with E-state index >= 15 is 0 Å². The molecule has 1 aromatic carbocycles. The fourth-order valence-corrected chi connectivity index (χ4v) is 2.70. The minimum absolute atomic E-state index is 0.224. The van der Waals surface area contributed by atoms with Crippen molar-refractivity contribution in [1.82, 2.24) is 5.32 Å². The number of carbonyl (C=O) groups excluding carboxylic acids is 1. The first-order valence-electron chi connectivity index (χ1n) is 7.12. The number of anilines is 1. The predicted octanol–water partition coefficient (Wildman–Crippen LogP) is 2.66. The van der Waals surface area contributed by atoms with Gasteiger partial charge in [-0.15, -0.1) is 0 Å². The molecule has 3 heteroatoms. The SMILES string of the molecule is Cc1ccc(C)c(N(C)C(=O)CC2CCCNC2)c1. The normalized spacial score (nSPS) is 19.2. The number of rotatable bonds is 3. The van der Waals surface area contributed by atoms with Gasteiger partial charge in [-0.25, -0.2) is 0 Å². The summed E-state index contributed by atoms with van der Waals surface area (Å²) >= 11 is 0. The highest BCUT2D eigenvalue weighted by Gasteiger charge is 2.20. The van der Waals surface area contributed by atoms with E-state index in [1.165, 1.54) is 18.4 Å². The van der Waals surface area contributed by atoms with Crippen molar-refractivity contribution in [2.75, 3.05) is 25.0 Å². The summed E-state index contributed by atoms with van der Waals surface area (Å²) in [5.41, 5.74) is 3.39. The first kappa shape index (κ1) is 14.1. The van der Waals surface area contributed by atoms with Crippen LogP contribution in [-0.4, -0.2) is 26.0 Å². The zero-order valence-corrected chi connectivity index (χ0v) is 12.2. The van der Waals surface area contributed by atoms with Crippen LogP contribution in [0.15, 0.2) is 18.2 Å². The van der Waals surface area contributed by atoms with Crippen molar-refractivity contribution < 1.29 is 4.79 Å². The Morgan fingerprint density at radius 2 is 2.21 bits per heavy atom. The van der Waals surface area contributed by atoms with Crippen LogP contribution in [0.1, 0.15) is 30.4 Å². The van der Waals surface area contributed by atoms with E-state index in [9.17, 15) is 4.79 Å². The number of hydrogen-bond donors (Lipinski definition) is 1. The highest BCUT2D eigenvalue weighted by atomic mass is 16.2. The summed E-state index contributed by atoms with van der Waals surface area (Å²) in [4.78, 5) is 14.2. The van der Waals surface area contributed by atoms with Gasteiger partial charge in [0.25, 0.3) is 0 Å². The molecule has 1 fully saturated rings. The molecule has 1 aliphatic rings. The van der Waals surface area contributed by atoms with Crippen LogP contribution in [0.3, 0.4) is 0 Å². The Bertz CT molecular complexity index is 450. The maximum Gasteiger partial charge on any atom is 0.227 e. The van der Waals surface area contributed by atoms with Gasteiger partial charge in [0, 0.05) is 19.2 Å². The standard InChI is InChI=1S/C16H24N2O/c1-12-6-7-13(2)15(9-12)18(3)16(19)10-14-5-4-8-17-11-14/h6-7,9,14,17H,4-5,8,10-11H2,1-3H3. The van der Waals surface area contributed by atoms with Crippen LogP contribution in [-0.2, 0) is 4.79 Å². The third kappa shape index (κ3) is 3.57. The molecule has 1 atom stereocenters. The number of amides is 1. The van der Waals surface area contributed by atoms with Gasteiger partial charge in [-0.3, -0.25) is 4.79 Å². The molecular weight excluding hydrogens is 236 g/mol. The number of benzene rings is 1. The summed E-state index contributed by atoms with van der Waals surface area (Å²) in [7, 11) is 1.89. The van der Waals surface area contributed by atoms with Crippen molar-refractivity contribution in [1.29, 1.82) is 0 Å². The smallest absolute Gasteiger partial charge is 0.227 e. The maximum absolute atomic E-state index is 12.4. The van der Waals surface area contributed by atoms with Gasteiger partial charge >= 0.3 is 0 Å². The van der Waals surface area contributed by atoms with E-state index in [0.717, 1.165) is 24.3 Å². The summed E-state index contributed by atoms with van der Waals surface area (Å²) in [5, 5.41) is 3.37. The summed E-state index contributed by atoms with van der Waals surface area (Å²) in [6.45, 7) is 6.19. The monoisotopic (exact) mass is 260 g/mol. The average Bonchev–Trinajstić information content (AvgIpc) is 2.42. The number of aryl methyl sites for hydroxylation is 2. The second-order valence-corrected chi connectivity index (χ2v) is 5.66. The lowest BCUT2D eigenvalue weighted by Crippen LogP contribution is -2.35. The number of hydrogen-bond acceptors (Lipinski definition) is 2. The number of nitrogens with zero attached hydrogens (tertiary/aromatic N) is 1. The number of nitrogens with one attached hydrogen (secondary N) is 1. The fourth-order valence-electron chi connectivity index (χ4n) is 2.70. The first-order valence-corrected chi connectivity index (χ1v) is 7.12. The summed E-state index contributed by atoms with van der Waals surface area (Å²) < 4.78 is 0. The van der Waals surface area contributed by atoms with Crippen LogP contribution in [0.2, 0.25) is 0 Å². The highest BCUT2D eigenvalue weighted by molar-refractivity contribution is 5.93. The Kier molecular flexibility index (Phi) is 4.59. The van der Waals surface area contributed by atoms with Crippen LogP contribution < -0.4 is 10.2 Å². The Morgan fingerprint density at radius 1 is 1.42 bits per heavy atom. The minimum atomic E-state index is 0.224. The average molecular weight is 260 g/mol. The van der Waals surface area contributed by atoms with Crippen LogP contribution in [0.5, 0.6) is 0 Å². The molecule has 1 N–H and O–H groups in total. The zero-order valence-electron chi connectivity index (χ0n) is 12.2. The lowest BCUT2D eigenvalue weighted by Gasteiger charge is -2.26. The number of piperidine rings is 1. The van der Waals surface area contributed by atoms with Gasteiger partial charge in [0.2, 0.25) is 5.91 Å². The van der Waals surface area contributed by atoms with Gasteiger partial charge in [0.15, 0.2) is 0 Å². The van der Waals surface area contributed by atoms with E-state index in [1.54, 1.807) is 0 Å². The van der Waals surface area contributed by atoms with E-state index in [-0.39, 0.29) is 5.91 Å². The van der Waals surface area contributed by atoms with Gasteiger partial charge in [-0.2, -0.15) is 0 Å². The molecule has 3 nitrogen and oxygen atoms in total. The molecule has 0 aromatic heterocycles. The van der Waals surface area contributed by atoms with E-state index in [4.69, 9.17) is 0 Å². The molecule has 1 heterocycles. The third-order valence-corrected chi connectivity index (χ3v) is 3.96. The lowest BCUT2D eigenvalue weighted by molar-refractivity contribution is -0.119. The van der Waals surface area contributed by atoms with E-state index in [1.807, 2.05) is 11.9 Å². The molecule has 1 amide bonds. The minimum Gasteiger partial charge on any atom is -0.316 e. The Hall–Kier alpha value is -1.35.